The number of hydrogen-bond acceptors (Lipinski definition) is 6. The summed E-state index contributed by atoms with van der Waals surface area (Å²) in [4.78, 5) is 13.0. The van der Waals surface area contributed by atoms with E-state index in [-0.39, 0.29) is 5.69 Å². The number of nitrogens with one attached hydrogen (secondary N) is 1. The van der Waals surface area contributed by atoms with Gasteiger partial charge in [-0.15, -0.1) is 10.2 Å². The molecule has 0 amide bonds. The van der Waals surface area contributed by atoms with Crippen molar-refractivity contribution in [1.82, 2.24) is 15.1 Å². The Morgan fingerprint density at radius 3 is 2.45 bits per heavy atom. The predicted molar refractivity (Wildman–Crippen MR) is 113 cm³/mol. The molecule has 29 heavy (non-hydrogen) atoms. The van der Waals surface area contributed by atoms with Gasteiger partial charge in [-0.25, -0.2) is 0 Å². The molecule has 0 spiro atoms. The summed E-state index contributed by atoms with van der Waals surface area (Å²) in [5.74, 6) is 0.628. The largest absolute Gasteiger partial charge is 0.339 e. The van der Waals surface area contributed by atoms with Crippen LogP contribution in [0.2, 0.25) is 0 Å². The Kier molecular flexibility index (Phi) is 5.76. The number of hydrogen-bond donors (Lipinski definition) is 1. The minimum absolute atomic E-state index is 0.0381. The number of benzene rings is 2. The van der Waals surface area contributed by atoms with E-state index in [1.807, 2.05) is 6.07 Å². The molecule has 3 aromatic rings. The van der Waals surface area contributed by atoms with Gasteiger partial charge < -0.3 is 5.32 Å². The molecule has 148 valence electrons. The van der Waals surface area contributed by atoms with Crippen LogP contribution in [0, 0.1) is 10.1 Å². The quantitative estimate of drug-likeness (QED) is 0.482. The molecule has 1 saturated heterocycles. The van der Waals surface area contributed by atoms with Crippen LogP contribution in [0.1, 0.15) is 24.8 Å². The summed E-state index contributed by atoms with van der Waals surface area (Å²) in [6.45, 7) is 3.37. The SMILES string of the molecule is O=[N+]([O-])c1cccc(-c2ccc(Nc3ccc(CN4CCCCC4)cc3)nn2)c1. The van der Waals surface area contributed by atoms with Gasteiger partial charge in [-0.1, -0.05) is 30.7 Å². The van der Waals surface area contributed by atoms with Gasteiger partial charge in [0.15, 0.2) is 5.82 Å². The molecular weight excluding hydrogens is 366 g/mol. The minimum atomic E-state index is -0.415. The summed E-state index contributed by atoms with van der Waals surface area (Å²) >= 11 is 0. The Morgan fingerprint density at radius 2 is 1.76 bits per heavy atom. The predicted octanol–water partition coefficient (Wildman–Crippen LogP) is 4.78. The fourth-order valence-corrected chi connectivity index (χ4v) is 3.55. The minimum Gasteiger partial charge on any atom is -0.339 e. The van der Waals surface area contributed by atoms with Crippen molar-refractivity contribution in [3.63, 3.8) is 0 Å². The zero-order valence-electron chi connectivity index (χ0n) is 16.1. The monoisotopic (exact) mass is 389 g/mol. The van der Waals surface area contributed by atoms with Crippen LogP contribution in [0.5, 0.6) is 0 Å². The third-order valence-corrected chi connectivity index (χ3v) is 5.10. The molecule has 7 heteroatoms. The van der Waals surface area contributed by atoms with E-state index in [1.165, 1.54) is 50.0 Å². The number of likely N-dealkylation sites (tertiary alicyclic amines) is 1. The number of rotatable bonds is 6. The third-order valence-electron chi connectivity index (χ3n) is 5.10. The molecule has 2 aromatic carbocycles. The van der Waals surface area contributed by atoms with Crippen molar-refractivity contribution in [2.75, 3.05) is 18.4 Å². The summed E-state index contributed by atoms with van der Waals surface area (Å²) in [7, 11) is 0. The molecule has 1 aromatic heterocycles. The number of piperidine rings is 1. The third kappa shape index (κ3) is 4.94. The van der Waals surface area contributed by atoms with Crippen molar-refractivity contribution in [3.8, 4) is 11.3 Å². The van der Waals surface area contributed by atoms with Crippen molar-refractivity contribution in [2.24, 2.45) is 0 Å². The summed E-state index contributed by atoms with van der Waals surface area (Å²) in [6, 6.07) is 18.4. The molecule has 1 fully saturated rings. The number of aromatic nitrogens is 2. The number of anilines is 2. The van der Waals surface area contributed by atoms with Crippen LogP contribution < -0.4 is 5.32 Å². The summed E-state index contributed by atoms with van der Waals surface area (Å²) < 4.78 is 0. The van der Waals surface area contributed by atoms with E-state index in [9.17, 15) is 10.1 Å². The van der Waals surface area contributed by atoms with Gasteiger partial charge in [-0.3, -0.25) is 15.0 Å². The Balaban J connectivity index is 1.39. The lowest BCUT2D eigenvalue weighted by atomic mass is 10.1. The van der Waals surface area contributed by atoms with E-state index < -0.39 is 4.92 Å². The van der Waals surface area contributed by atoms with Gasteiger partial charge in [0.05, 0.1) is 10.6 Å². The molecular formula is C22H23N5O2. The van der Waals surface area contributed by atoms with Crippen LogP contribution in [0.3, 0.4) is 0 Å². The summed E-state index contributed by atoms with van der Waals surface area (Å²) in [6.07, 6.45) is 3.94. The maximum absolute atomic E-state index is 10.9. The number of non-ortho nitro benzene ring substituents is 1. The molecule has 0 bridgehead atoms. The molecule has 0 atom stereocenters. The van der Waals surface area contributed by atoms with Gasteiger partial charge in [0, 0.05) is 29.9 Å². The first-order valence-electron chi connectivity index (χ1n) is 9.84. The fourth-order valence-electron chi connectivity index (χ4n) is 3.55. The van der Waals surface area contributed by atoms with Crippen molar-refractivity contribution in [1.29, 1.82) is 0 Å². The smallest absolute Gasteiger partial charge is 0.270 e. The van der Waals surface area contributed by atoms with Gasteiger partial charge in [0.2, 0.25) is 0 Å². The van der Waals surface area contributed by atoms with Crippen molar-refractivity contribution < 1.29 is 4.92 Å². The molecule has 1 N–H and O–H groups in total. The van der Waals surface area contributed by atoms with Gasteiger partial charge in [0.25, 0.3) is 5.69 Å². The van der Waals surface area contributed by atoms with Gasteiger partial charge in [-0.05, 0) is 55.8 Å². The zero-order valence-corrected chi connectivity index (χ0v) is 16.1. The van der Waals surface area contributed by atoms with Gasteiger partial charge in [-0.2, -0.15) is 0 Å². The lowest BCUT2D eigenvalue weighted by Crippen LogP contribution is -2.29. The molecule has 2 heterocycles. The first kappa shape index (κ1) is 19.0. The highest BCUT2D eigenvalue weighted by atomic mass is 16.6. The molecule has 1 aliphatic heterocycles. The Bertz CT molecular complexity index is 967. The highest BCUT2D eigenvalue weighted by Gasteiger charge is 2.11. The maximum atomic E-state index is 10.9. The average molecular weight is 389 g/mol. The van der Waals surface area contributed by atoms with E-state index in [4.69, 9.17) is 0 Å². The van der Waals surface area contributed by atoms with Crippen molar-refractivity contribution in [2.45, 2.75) is 25.8 Å². The van der Waals surface area contributed by atoms with Crippen LogP contribution in [-0.2, 0) is 6.54 Å². The number of nitro groups is 1. The normalized spacial score (nSPS) is 14.5. The standard InChI is InChI=1S/C22H23N5O2/c28-27(29)20-6-4-5-18(15-20)21-11-12-22(25-24-21)23-19-9-7-17(8-10-19)16-26-13-2-1-3-14-26/h4-12,15H,1-3,13-14,16H2,(H,23,25). The van der Waals surface area contributed by atoms with E-state index in [0.29, 0.717) is 17.1 Å². The van der Waals surface area contributed by atoms with Crippen molar-refractivity contribution in [3.05, 3.63) is 76.3 Å². The molecule has 4 rings (SSSR count). The van der Waals surface area contributed by atoms with Crippen LogP contribution in [0.4, 0.5) is 17.2 Å². The highest BCUT2D eigenvalue weighted by molar-refractivity contribution is 5.64. The summed E-state index contributed by atoms with van der Waals surface area (Å²) in [5, 5.41) is 22.6. The molecule has 0 radical (unpaired) electrons. The first-order valence-corrected chi connectivity index (χ1v) is 9.84. The second-order valence-corrected chi connectivity index (χ2v) is 7.27. The lowest BCUT2D eigenvalue weighted by molar-refractivity contribution is -0.384. The second kappa shape index (κ2) is 8.79. The maximum Gasteiger partial charge on any atom is 0.270 e. The lowest BCUT2D eigenvalue weighted by Gasteiger charge is -2.26. The topological polar surface area (TPSA) is 84.2 Å². The Morgan fingerprint density at radius 1 is 0.966 bits per heavy atom. The molecule has 0 aliphatic carbocycles. The Hall–Kier alpha value is -3.32. The number of nitrogens with zero attached hydrogens (tertiary/aromatic N) is 4. The van der Waals surface area contributed by atoms with Crippen LogP contribution >= 0.6 is 0 Å². The fraction of sp³-hybridized carbons (Fsp3) is 0.273. The van der Waals surface area contributed by atoms with Gasteiger partial charge in [0.1, 0.15) is 0 Å². The average Bonchev–Trinajstić information content (AvgIpc) is 2.76. The van der Waals surface area contributed by atoms with Crippen molar-refractivity contribution >= 4 is 17.2 Å². The number of nitro benzene ring substituents is 1. The van der Waals surface area contributed by atoms with Crippen LogP contribution in [0.15, 0.2) is 60.7 Å². The molecule has 1 aliphatic rings. The zero-order chi connectivity index (χ0) is 20.1. The molecule has 0 unspecified atom stereocenters. The van der Waals surface area contributed by atoms with E-state index in [2.05, 4.69) is 44.7 Å². The highest BCUT2D eigenvalue weighted by Crippen LogP contribution is 2.23. The van der Waals surface area contributed by atoms with Gasteiger partial charge >= 0.3 is 0 Å². The van der Waals surface area contributed by atoms with E-state index >= 15 is 0 Å². The first-order chi connectivity index (χ1) is 14.2. The van der Waals surface area contributed by atoms with Crippen LogP contribution in [0.25, 0.3) is 11.3 Å². The molecule has 7 nitrogen and oxygen atoms in total. The molecule has 0 saturated carbocycles. The van der Waals surface area contributed by atoms with Crippen LogP contribution in [-0.4, -0.2) is 33.1 Å². The Labute approximate surface area is 169 Å². The van der Waals surface area contributed by atoms with E-state index in [0.717, 1.165) is 12.2 Å². The van der Waals surface area contributed by atoms with E-state index in [1.54, 1.807) is 18.2 Å². The summed E-state index contributed by atoms with van der Waals surface area (Å²) in [5.41, 5.74) is 3.56. The second-order valence-electron chi connectivity index (χ2n) is 7.27.